The zero-order chi connectivity index (χ0) is 19.2. The Labute approximate surface area is 172 Å². The SMILES string of the molecule is Clc1ccccc1COc1ccccc1-c1nnc(SCc2ccccc2)o1. The standard InChI is InChI=1S/C22H17ClN2O2S/c23-19-12-6-4-10-17(19)14-26-20-13-7-5-11-18(20)21-24-25-22(27-21)28-15-16-8-2-1-3-9-16/h1-13H,14-15H2. The Kier molecular flexibility index (Phi) is 5.95. The molecule has 3 aromatic carbocycles. The van der Waals surface area contributed by atoms with Crippen LogP contribution in [0, 0.1) is 0 Å². The maximum absolute atomic E-state index is 6.21. The van der Waals surface area contributed by atoms with E-state index < -0.39 is 0 Å². The van der Waals surface area contributed by atoms with Crippen molar-refractivity contribution in [3.63, 3.8) is 0 Å². The highest BCUT2D eigenvalue weighted by molar-refractivity contribution is 7.98. The number of nitrogens with zero attached hydrogens (tertiary/aromatic N) is 2. The summed E-state index contributed by atoms with van der Waals surface area (Å²) in [5.74, 6) is 1.88. The summed E-state index contributed by atoms with van der Waals surface area (Å²) < 4.78 is 11.8. The second-order valence-corrected chi connectivity index (χ2v) is 7.36. The molecule has 0 saturated heterocycles. The molecular formula is C22H17ClN2O2S. The Balaban J connectivity index is 1.47. The lowest BCUT2D eigenvalue weighted by atomic mass is 10.2. The van der Waals surface area contributed by atoms with Gasteiger partial charge < -0.3 is 9.15 Å². The van der Waals surface area contributed by atoms with Crippen LogP contribution in [0.5, 0.6) is 5.75 Å². The number of ether oxygens (including phenoxy) is 1. The molecule has 140 valence electrons. The number of rotatable bonds is 7. The fraction of sp³-hybridized carbons (Fsp3) is 0.0909. The van der Waals surface area contributed by atoms with Crippen molar-refractivity contribution >= 4 is 23.4 Å². The van der Waals surface area contributed by atoms with Gasteiger partial charge in [-0.05, 0) is 23.8 Å². The van der Waals surface area contributed by atoms with Gasteiger partial charge >= 0.3 is 0 Å². The van der Waals surface area contributed by atoms with E-state index in [-0.39, 0.29) is 0 Å². The van der Waals surface area contributed by atoms with Gasteiger partial charge in [-0.25, -0.2) is 0 Å². The van der Waals surface area contributed by atoms with Crippen LogP contribution in [0.15, 0.2) is 88.5 Å². The minimum absolute atomic E-state index is 0.362. The molecule has 0 amide bonds. The molecule has 0 N–H and O–H groups in total. The largest absolute Gasteiger partial charge is 0.488 e. The third-order valence-corrected chi connectivity index (χ3v) is 5.33. The number of hydrogen-bond donors (Lipinski definition) is 0. The molecule has 0 bridgehead atoms. The van der Waals surface area contributed by atoms with Crippen molar-refractivity contribution < 1.29 is 9.15 Å². The van der Waals surface area contributed by atoms with Crippen molar-refractivity contribution in [2.75, 3.05) is 0 Å². The van der Waals surface area contributed by atoms with E-state index in [2.05, 4.69) is 22.3 Å². The predicted octanol–water partition coefficient (Wildman–Crippen LogP) is 6.26. The zero-order valence-corrected chi connectivity index (χ0v) is 16.5. The van der Waals surface area contributed by atoms with Gasteiger partial charge in [0, 0.05) is 16.3 Å². The summed E-state index contributed by atoms with van der Waals surface area (Å²) in [7, 11) is 0. The van der Waals surface area contributed by atoms with E-state index in [4.69, 9.17) is 20.8 Å². The van der Waals surface area contributed by atoms with Crippen molar-refractivity contribution in [1.82, 2.24) is 10.2 Å². The number of thioether (sulfide) groups is 1. The Hall–Kier alpha value is -2.76. The third kappa shape index (κ3) is 4.55. The average Bonchev–Trinajstić information content (AvgIpc) is 3.22. The first kappa shape index (κ1) is 18.6. The highest BCUT2D eigenvalue weighted by atomic mass is 35.5. The van der Waals surface area contributed by atoms with Crippen molar-refractivity contribution in [3.8, 4) is 17.2 Å². The number of para-hydroxylation sites is 1. The van der Waals surface area contributed by atoms with Crippen LogP contribution in [0.25, 0.3) is 11.5 Å². The van der Waals surface area contributed by atoms with Crippen LogP contribution >= 0.6 is 23.4 Å². The maximum Gasteiger partial charge on any atom is 0.277 e. The van der Waals surface area contributed by atoms with Gasteiger partial charge in [-0.15, -0.1) is 10.2 Å². The zero-order valence-electron chi connectivity index (χ0n) is 14.9. The number of benzene rings is 3. The molecule has 4 nitrogen and oxygen atoms in total. The summed E-state index contributed by atoms with van der Waals surface area (Å²) in [6, 6.07) is 25.4. The van der Waals surface area contributed by atoms with Gasteiger partial charge in [-0.3, -0.25) is 0 Å². The van der Waals surface area contributed by atoms with Gasteiger partial charge in [0.15, 0.2) is 0 Å². The monoisotopic (exact) mass is 408 g/mol. The molecule has 0 fully saturated rings. The Morgan fingerprint density at radius 3 is 2.46 bits per heavy atom. The molecule has 0 radical (unpaired) electrons. The molecule has 4 aromatic rings. The summed E-state index contributed by atoms with van der Waals surface area (Å²) in [6.07, 6.45) is 0. The van der Waals surface area contributed by atoms with E-state index in [1.54, 1.807) is 0 Å². The van der Waals surface area contributed by atoms with Gasteiger partial charge in [-0.1, -0.05) is 84.0 Å². The fourth-order valence-corrected chi connectivity index (χ4v) is 3.55. The molecule has 1 heterocycles. The summed E-state index contributed by atoms with van der Waals surface area (Å²) >= 11 is 7.72. The first-order valence-corrected chi connectivity index (χ1v) is 10.1. The van der Waals surface area contributed by atoms with Crippen LogP contribution < -0.4 is 4.74 Å². The summed E-state index contributed by atoms with van der Waals surface area (Å²) in [5.41, 5.74) is 2.88. The Morgan fingerprint density at radius 1 is 0.857 bits per heavy atom. The molecule has 0 aliphatic carbocycles. The van der Waals surface area contributed by atoms with Crippen LogP contribution in [0.2, 0.25) is 5.02 Å². The molecule has 0 aliphatic rings. The quantitative estimate of drug-likeness (QED) is 0.338. The molecule has 0 aliphatic heterocycles. The first-order chi connectivity index (χ1) is 13.8. The fourth-order valence-electron chi connectivity index (χ4n) is 2.64. The van der Waals surface area contributed by atoms with Crippen molar-refractivity contribution in [1.29, 1.82) is 0 Å². The average molecular weight is 409 g/mol. The normalized spacial score (nSPS) is 10.8. The van der Waals surface area contributed by atoms with Crippen molar-refractivity contribution in [2.24, 2.45) is 0 Å². The smallest absolute Gasteiger partial charge is 0.277 e. The second kappa shape index (κ2) is 8.95. The Morgan fingerprint density at radius 2 is 1.61 bits per heavy atom. The minimum atomic E-state index is 0.362. The number of aromatic nitrogens is 2. The van der Waals surface area contributed by atoms with E-state index in [1.165, 1.54) is 17.3 Å². The second-order valence-electron chi connectivity index (χ2n) is 6.02. The van der Waals surface area contributed by atoms with Gasteiger partial charge in [-0.2, -0.15) is 0 Å². The van der Waals surface area contributed by atoms with E-state index in [0.717, 1.165) is 16.9 Å². The minimum Gasteiger partial charge on any atom is -0.488 e. The predicted molar refractivity (Wildman–Crippen MR) is 112 cm³/mol. The van der Waals surface area contributed by atoms with Crippen LogP contribution in [0.1, 0.15) is 11.1 Å². The molecule has 0 saturated carbocycles. The highest BCUT2D eigenvalue weighted by Gasteiger charge is 2.14. The molecule has 0 spiro atoms. The lowest BCUT2D eigenvalue weighted by molar-refractivity contribution is 0.306. The van der Waals surface area contributed by atoms with Gasteiger partial charge in [0.2, 0.25) is 0 Å². The lowest BCUT2D eigenvalue weighted by Crippen LogP contribution is -1.97. The van der Waals surface area contributed by atoms with Crippen LogP contribution in [0.3, 0.4) is 0 Å². The van der Waals surface area contributed by atoms with Crippen molar-refractivity contribution in [3.05, 3.63) is 95.0 Å². The topological polar surface area (TPSA) is 48.2 Å². The first-order valence-electron chi connectivity index (χ1n) is 8.75. The van der Waals surface area contributed by atoms with Gasteiger partial charge in [0.1, 0.15) is 12.4 Å². The molecule has 1 aromatic heterocycles. The van der Waals surface area contributed by atoms with Gasteiger partial charge in [0.25, 0.3) is 11.1 Å². The molecule has 0 unspecified atom stereocenters. The van der Waals surface area contributed by atoms with Crippen LogP contribution in [-0.2, 0) is 12.4 Å². The maximum atomic E-state index is 6.21. The van der Waals surface area contributed by atoms with E-state index in [9.17, 15) is 0 Å². The summed E-state index contributed by atoms with van der Waals surface area (Å²) in [4.78, 5) is 0. The van der Waals surface area contributed by atoms with E-state index in [0.29, 0.717) is 28.5 Å². The highest BCUT2D eigenvalue weighted by Crippen LogP contribution is 2.32. The van der Waals surface area contributed by atoms with Gasteiger partial charge in [0.05, 0.1) is 5.56 Å². The van der Waals surface area contributed by atoms with Crippen molar-refractivity contribution in [2.45, 2.75) is 17.6 Å². The molecule has 4 rings (SSSR count). The number of halogens is 1. The lowest BCUT2D eigenvalue weighted by Gasteiger charge is -2.10. The van der Waals surface area contributed by atoms with E-state index >= 15 is 0 Å². The molecule has 28 heavy (non-hydrogen) atoms. The van der Waals surface area contributed by atoms with E-state index in [1.807, 2.05) is 66.7 Å². The molecule has 0 atom stereocenters. The van der Waals surface area contributed by atoms with Crippen LogP contribution in [0.4, 0.5) is 0 Å². The third-order valence-electron chi connectivity index (χ3n) is 4.07. The summed E-state index contributed by atoms with van der Waals surface area (Å²) in [6.45, 7) is 0.362. The molecular weight excluding hydrogens is 392 g/mol. The number of hydrogen-bond acceptors (Lipinski definition) is 5. The summed E-state index contributed by atoms with van der Waals surface area (Å²) in [5, 5.41) is 9.54. The van der Waals surface area contributed by atoms with Crippen LogP contribution in [-0.4, -0.2) is 10.2 Å². The molecule has 6 heteroatoms. The Bertz CT molecular complexity index is 1050.